The van der Waals surface area contributed by atoms with Crippen LogP contribution >= 0.6 is 23.2 Å². The zero-order valence-electron chi connectivity index (χ0n) is 12.3. The van der Waals surface area contributed by atoms with E-state index in [-0.39, 0.29) is 12.2 Å². The minimum absolute atomic E-state index is 0.131. The Morgan fingerprint density at radius 3 is 1.91 bits per heavy atom. The number of nitrogens with zero attached hydrogens (tertiary/aromatic N) is 1. The van der Waals surface area contributed by atoms with Gasteiger partial charge in [-0.1, -0.05) is 59.6 Å². The van der Waals surface area contributed by atoms with Crippen molar-refractivity contribution >= 4 is 34.7 Å². The fourth-order valence-corrected chi connectivity index (χ4v) is 2.61. The van der Waals surface area contributed by atoms with Gasteiger partial charge < -0.3 is 4.74 Å². The Hall–Kier alpha value is -2.28. The molecule has 2 aromatic carbocycles. The van der Waals surface area contributed by atoms with Gasteiger partial charge in [0.15, 0.2) is 0 Å². The van der Waals surface area contributed by atoms with Gasteiger partial charge in [0.2, 0.25) is 0 Å². The fraction of sp³-hybridized carbons (Fsp3) is 0.111. The zero-order valence-corrected chi connectivity index (χ0v) is 13.9. The van der Waals surface area contributed by atoms with E-state index in [4.69, 9.17) is 27.9 Å². The van der Waals surface area contributed by atoms with E-state index in [2.05, 4.69) is 0 Å². The Morgan fingerprint density at radius 2 is 1.52 bits per heavy atom. The van der Waals surface area contributed by atoms with Gasteiger partial charge in [-0.05, 0) is 19.1 Å². The molecule has 0 radical (unpaired) electrons. The highest BCUT2D eigenvalue weighted by Crippen LogP contribution is 2.35. The molecule has 0 heterocycles. The van der Waals surface area contributed by atoms with Crippen molar-refractivity contribution in [2.75, 3.05) is 6.61 Å². The maximum atomic E-state index is 12.2. The average Bonchev–Trinajstić information content (AvgIpc) is 2.54. The van der Waals surface area contributed by atoms with Crippen LogP contribution in [0.4, 0.5) is 0 Å². The molecule has 2 rings (SSSR count). The fourth-order valence-electron chi connectivity index (χ4n) is 2.15. The number of halogens is 2. The lowest BCUT2D eigenvalue weighted by atomic mass is 9.93. The topological polar surface area (TPSA) is 50.1 Å². The number of esters is 1. The van der Waals surface area contributed by atoms with Crippen LogP contribution in [-0.4, -0.2) is 12.6 Å². The number of ether oxygens (including phenoxy) is 1. The third-order valence-electron chi connectivity index (χ3n) is 3.13. The third kappa shape index (κ3) is 3.73. The molecule has 116 valence electrons. The van der Waals surface area contributed by atoms with Gasteiger partial charge in [0.05, 0.1) is 6.61 Å². The molecule has 0 saturated heterocycles. The molecule has 0 bridgehead atoms. The minimum Gasteiger partial charge on any atom is -0.462 e. The largest absolute Gasteiger partial charge is 0.462 e. The summed E-state index contributed by atoms with van der Waals surface area (Å²) in [6, 6.07) is 15.9. The first-order chi connectivity index (χ1) is 11.1. The molecule has 3 nitrogen and oxygen atoms in total. The molecule has 23 heavy (non-hydrogen) atoms. The predicted octanol–water partition coefficient (Wildman–Crippen LogP) is 4.88. The van der Waals surface area contributed by atoms with Gasteiger partial charge >= 0.3 is 5.97 Å². The standard InChI is InChI=1S/C18H13Cl2NO2/c1-2-23-18(22)14(11-21)17(12-7-3-5-9-15(12)19)13-8-4-6-10-16(13)20/h3-10H,2H2,1H3. The lowest BCUT2D eigenvalue weighted by molar-refractivity contribution is -0.137. The van der Waals surface area contributed by atoms with E-state index < -0.39 is 5.97 Å². The molecule has 0 aliphatic heterocycles. The van der Waals surface area contributed by atoms with Gasteiger partial charge in [-0.15, -0.1) is 0 Å². The first-order valence-corrected chi connectivity index (χ1v) is 7.67. The van der Waals surface area contributed by atoms with Crippen LogP contribution in [0.1, 0.15) is 18.1 Å². The maximum absolute atomic E-state index is 12.2. The van der Waals surface area contributed by atoms with Gasteiger partial charge in [-0.25, -0.2) is 4.79 Å². The third-order valence-corrected chi connectivity index (χ3v) is 3.79. The number of benzene rings is 2. The molecular weight excluding hydrogens is 333 g/mol. The van der Waals surface area contributed by atoms with Crippen LogP contribution in [0.3, 0.4) is 0 Å². The van der Waals surface area contributed by atoms with Crippen molar-refractivity contribution in [1.82, 2.24) is 0 Å². The number of nitriles is 1. The summed E-state index contributed by atoms with van der Waals surface area (Å²) in [4.78, 5) is 12.2. The molecule has 5 heteroatoms. The summed E-state index contributed by atoms with van der Waals surface area (Å²) < 4.78 is 4.99. The van der Waals surface area contributed by atoms with Crippen LogP contribution in [0.25, 0.3) is 5.57 Å². The van der Waals surface area contributed by atoms with Crippen molar-refractivity contribution in [1.29, 1.82) is 5.26 Å². The SMILES string of the molecule is CCOC(=O)C(C#N)=C(c1ccccc1Cl)c1ccccc1Cl. The molecule has 0 N–H and O–H groups in total. The van der Waals surface area contributed by atoms with Gasteiger partial charge in [0.1, 0.15) is 11.6 Å². The lowest BCUT2D eigenvalue weighted by Crippen LogP contribution is -2.10. The summed E-state index contributed by atoms with van der Waals surface area (Å²) in [6.45, 7) is 1.85. The summed E-state index contributed by atoms with van der Waals surface area (Å²) >= 11 is 12.5. The molecule has 2 aromatic rings. The Bertz CT molecular complexity index is 759. The quantitative estimate of drug-likeness (QED) is 0.450. The molecule has 0 spiro atoms. The van der Waals surface area contributed by atoms with E-state index in [1.807, 2.05) is 6.07 Å². The summed E-state index contributed by atoms with van der Waals surface area (Å²) in [5.41, 5.74) is 1.33. The van der Waals surface area contributed by atoms with Crippen LogP contribution in [0.5, 0.6) is 0 Å². The molecule has 0 unspecified atom stereocenters. The molecule has 0 aliphatic rings. The monoisotopic (exact) mass is 345 g/mol. The maximum Gasteiger partial charge on any atom is 0.349 e. The van der Waals surface area contributed by atoms with Gasteiger partial charge in [-0.2, -0.15) is 5.26 Å². The van der Waals surface area contributed by atoms with Crippen molar-refractivity contribution < 1.29 is 9.53 Å². The van der Waals surface area contributed by atoms with Gasteiger partial charge in [-0.3, -0.25) is 0 Å². The van der Waals surface area contributed by atoms with Crippen LogP contribution in [0.15, 0.2) is 54.1 Å². The second kappa shape index (κ2) is 7.82. The van der Waals surface area contributed by atoms with Crippen LogP contribution in [0.2, 0.25) is 10.0 Å². The van der Waals surface area contributed by atoms with E-state index in [0.29, 0.717) is 26.7 Å². The number of carbonyl (C=O) groups excluding carboxylic acids is 1. The Morgan fingerprint density at radius 1 is 1.04 bits per heavy atom. The average molecular weight is 346 g/mol. The van der Waals surface area contributed by atoms with Crippen molar-refractivity contribution in [3.63, 3.8) is 0 Å². The molecule has 0 atom stereocenters. The zero-order chi connectivity index (χ0) is 16.8. The second-order valence-corrected chi connectivity index (χ2v) is 5.36. The van der Waals surface area contributed by atoms with Crippen molar-refractivity contribution in [3.8, 4) is 6.07 Å². The van der Waals surface area contributed by atoms with Crippen molar-refractivity contribution in [2.24, 2.45) is 0 Å². The normalized spacial score (nSPS) is 9.83. The summed E-state index contributed by atoms with van der Waals surface area (Å²) in [5.74, 6) is -0.704. The highest BCUT2D eigenvalue weighted by atomic mass is 35.5. The van der Waals surface area contributed by atoms with E-state index >= 15 is 0 Å². The van der Waals surface area contributed by atoms with Gasteiger partial charge in [0.25, 0.3) is 0 Å². The molecule has 0 aromatic heterocycles. The number of hydrogen-bond donors (Lipinski definition) is 0. The Balaban J connectivity index is 2.81. The minimum atomic E-state index is -0.704. The smallest absolute Gasteiger partial charge is 0.349 e. The van der Waals surface area contributed by atoms with E-state index in [1.54, 1.807) is 55.5 Å². The van der Waals surface area contributed by atoms with Crippen molar-refractivity contribution in [3.05, 3.63) is 75.3 Å². The Labute approximate surface area is 144 Å². The van der Waals surface area contributed by atoms with Crippen molar-refractivity contribution in [2.45, 2.75) is 6.92 Å². The second-order valence-electron chi connectivity index (χ2n) is 4.54. The van der Waals surface area contributed by atoms with E-state index in [9.17, 15) is 10.1 Å². The van der Waals surface area contributed by atoms with Crippen LogP contribution < -0.4 is 0 Å². The van der Waals surface area contributed by atoms with E-state index in [1.165, 1.54) is 0 Å². The number of carbonyl (C=O) groups is 1. The van der Waals surface area contributed by atoms with Crippen LogP contribution in [0, 0.1) is 11.3 Å². The highest BCUT2D eigenvalue weighted by Gasteiger charge is 2.22. The van der Waals surface area contributed by atoms with Crippen LogP contribution in [-0.2, 0) is 9.53 Å². The highest BCUT2D eigenvalue weighted by molar-refractivity contribution is 6.35. The Kier molecular flexibility index (Phi) is 5.81. The predicted molar refractivity (Wildman–Crippen MR) is 91.2 cm³/mol. The molecule has 0 amide bonds. The lowest BCUT2D eigenvalue weighted by Gasteiger charge is -2.14. The summed E-state index contributed by atoms with van der Waals surface area (Å²) in [5, 5.41) is 10.3. The molecular formula is C18H13Cl2NO2. The summed E-state index contributed by atoms with van der Waals surface area (Å²) in [6.07, 6.45) is 0. The number of rotatable bonds is 4. The first-order valence-electron chi connectivity index (χ1n) is 6.91. The van der Waals surface area contributed by atoms with Gasteiger partial charge in [0, 0.05) is 26.7 Å². The molecule has 0 fully saturated rings. The number of hydrogen-bond acceptors (Lipinski definition) is 3. The molecule has 0 aliphatic carbocycles. The summed E-state index contributed by atoms with van der Waals surface area (Å²) in [7, 11) is 0. The van der Waals surface area contributed by atoms with E-state index in [0.717, 1.165) is 0 Å². The first kappa shape index (κ1) is 17.1. The molecule has 0 saturated carbocycles.